The lowest BCUT2D eigenvalue weighted by molar-refractivity contribution is 0.0699. The number of aromatic nitrogens is 1. The Labute approximate surface area is 113 Å². The second-order valence-electron chi connectivity index (χ2n) is 6.12. The zero-order valence-corrected chi connectivity index (χ0v) is 11.8. The highest BCUT2D eigenvalue weighted by Gasteiger charge is 2.22. The summed E-state index contributed by atoms with van der Waals surface area (Å²) in [6.07, 6.45) is 0. The van der Waals surface area contributed by atoms with E-state index < -0.39 is 5.97 Å². The predicted octanol–water partition coefficient (Wildman–Crippen LogP) is 3.35. The number of rotatable bonds is 3. The van der Waals surface area contributed by atoms with Crippen molar-refractivity contribution in [1.82, 2.24) is 4.98 Å². The molecule has 0 amide bonds. The summed E-state index contributed by atoms with van der Waals surface area (Å²) in [5.74, 6) is -0.225. The molecule has 0 fully saturated rings. The van der Waals surface area contributed by atoms with E-state index in [9.17, 15) is 9.90 Å². The van der Waals surface area contributed by atoms with Gasteiger partial charge in [0, 0.05) is 24.5 Å². The van der Waals surface area contributed by atoms with E-state index >= 15 is 0 Å². The molecule has 2 rings (SSSR count). The topological polar surface area (TPSA) is 56.3 Å². The van der Waals surface area contributed by atoms with Crippen LogP contribution in [0.2, 0.25) is 0 Å². The standard InChI is InChI=1S/C15H20N2O2/c1-15(2,3)9-17(4)13-12(14(18)19)10-7-5-6-8-11(10)16-13/h5-8,16H,9H2,1-4H3,(H,18,19). The number of carbonyl (C=O) groups is 1. The maximum absolute atomic E-state index is 11.5. The van der Waals surface area contributed by atoms with E-state index in [0.717, 1.165) is 17.4 Å². The minimum atomic E-state index is -0.895. The highest BCUT2D eigenvalue weighted by atomic mass is 16.4. The summed E-state index contributed by atoms with van der Waals surface area (Å²) in [6, 6.07) is 7.49. The van der Waals surface area contributed by atoms with Crippen LogP contribution in [0, 0.1) is 5.41 Å². The second kappa shape index (κ2) is 4.61. The Morgan fingerprint density at radius 1 is 1.32 bits per heavy atom. The molecule has 0 radical (unpaired) electrons. The Morgan fingerprint density at radius 3 is 2.53 bits per heavy atom. The third kappa shape index (κ3) is 2.72. The highest BCUT2D eigenvalue weighted by Crippen LogP contribution is 2.30. The van der Waals surface area contributed by atoms with E-state index in [2.05, 4.69) is 25.8 Å². The predicted molar refractivity (Wildman–Crippen MR) is 78.0 cm³/mol. The minimum Gasteiger partial charge on any atom is -0.478 e. The molecule has 1 aromatic carbocycles. The number of aromatic carboxylic acids is 1. The van der Waals surface area contributed by atoms with Crippen molar-refractivity contribution in [1.29, 1.82) is 0 Å². The van der Waals surface area contributed by atoms with E-state index in [1.54, 1.807) is 0 Å². The van der Waals surface area contributed by atoms with Crippen LogP contribution in [-0.4, -0.2) is 29.7 Å². The molecule has 0 spiro atoms. The van der Waals surface area contributed by atoms with Gasteiger partial charge < -0.3 is 15.0 Å². The van der Waals surface area contributed by atoms with Crippen LogP contribution in [0.4, 0.5) is 5.82 Å². The molecule has 19 heavy (non-hydrogen) atoms. The van der Waals surface area contributed by atoms with Crippen molar-refractivity contribution in [3.8, 4) is 0 Å². The SMILES string of the molecule is CN(CC(C)(C)C)c1[nH]c2ccccc2c1C(=O)O. The lowest BCUT2D eigenvalue weighted by Crippen LogP contribution is -2.30. The number of carboxylic acid groups (broad SMARTS) is 1. The number of fused-ring (bicyclic) bond motifs is 1. The largest absolute Gasteiger partial charge is 0.478 e. The van der Waals surface area contributed by atoms with E-state index in [1.165, 1.54) is 0 Å². The average Bonchev–Trinajstić information content (AvgIpc) is 2.65. The number of hydrogen-bond donors (Lipinski definition) is 2. The fraction of sp³-hybridized carbons (Fsp3) is 0.400. The fourth-order valence-corrected chi connectivity index (χ4v) is 2.42. The van der Waals surface area contributed by atoms with Gasteiger partial charge >= 0.3 is 5.97 Å². The van der Waals surface area contributed by atoms with Gasteiger partial charge in [-0.15, -0.1) is 0 Å². The second-order valence-corrected chi connectivity index (χ2v) is 6.12. The molecule has 0 unspecified atom stereocenters. The summed E-state index contributed by atoms with van der Waals surface area (Å²) in [7, 11) is 1.92. The number of anilines is 1. The molecule has 2 N–H and O–H groups in total. The first-order chi connectivity index (χ1) is 8.79. The van der Waals surface area contributed by atoms with Crippen LogP contribution in [0.3, 0.4) is 0 Å². The first-order valence-electron chi connectivity index (χ1n) is 6.35. The fourth-order valence-electron chi connectivity index (χ4n) is 2.42. The van der Waals surface area contributed by atoms with Crippen LogP contribution in [0.15, 0.2) is 24.3 Å². The van der Waals surface area contributed by atoms with E-state index in [-0.39, 0.29) is 5.41 Å². The maximum atomic E-state index is 11.5. The normalized spacial score (nSPS) is 11.8. The Balaban J connectivity index is 2.53. The lowest BCUT2D eigenvalue weighted by atomic mass is 9.96. The van der Waals surface area contributed by atoms with Gasteiger partial charge in [-0.3, -0.25) is 0 Å². The third-order valence-corrected chi connectivity index (χ3v) is 2.99. The van der Waals surface area contributed by atoms with Crippen molar-refractivity contribution in [2.75, 3.05) is 18.5 Å². The summed E-state index contributed by atoms with van der Waals surface area (Å²) in [5.41, 5.74) is 1.31. The number of carboxylic acids is 1. The van der Waals surface area contributed by atoms with Crippen molar-refractivity contribution in [3.63, 3.8) is 0 Å². The lowest BCUT2D eigenvalue weighted by Gasteiger charge is -2.27. The molecule has 2 aromatic rings. The van der Waals surface area contributed by atoms with Gasteiger partial charge in [0.25, 0.3) is 0 Å². The Morgan fingerprint density at radius 2 is 1.95 bits per heavy atom. The molecule has 102 valence electrons. The van der Waals surface area contributed by atoms with Gasteiger partial charge in [-0.2, -0.15) is 0 Å². The van der Waals surface area contributed by atoms with E-state index in [4.69, 9.17) is 0 Å². The zero-order chi connectivity index (χ0) is 14.2. The zero-order valence-electron chi connectivity index (χ0n) is 11.8. The summed E-state index contributed by atoms with van der Waals surface area (Å²) in [5, 5.41) is 10.2. The molecule has 0 saturated heterocycles. The van der Waals surface area contributed by atoms with E-state index in [0.29, 0.717) is 11.4 Å². The first kappa shape index (κ1) is 13.5. The Bertz CT molecular complexity index is 608. The van der Waals surface area contributed by atoms with Crippen molar-refractivity contribution < 1.29 is 9.90 Å². The summed E-state index contributed by atoms with van der Waals surface area (Å²) in [4.78, 5) is 16.7. The first-order valence-corrected chi connectivity index (χ1v) is 6.35. The van der Waals surface area contributed by atoms with Gasteiger partial charge in [0.15, 0.2) is 0 Å². The number of hydrogen-bond acceptors (Lipinski definition) is 2. The van der Waals surface area contributed by atoms with Crippen LogP contribution in [-0.2, 0) is 0 Å². The highest BCUT2D eigenvalue weighted by molar-refractivity contribution is 6.08. The van der Waals surface area contributed by atoms with Gasteiger partial charge in [-0.25, -0.2) is 4.79 Å². The maximum Gasteiger partial charge on any atom is 0.340 e. The number of nitrogens with one attached hydrogen (secondary N) is 1. The van der Waals surface area contributed by atoms with Crippen LogP contribution in [0.5, 0.6) is 0 Å². The van der Waals surface area contributed by atoms with Gasteiger partial charge in [-0.05, 0) is 11.5 Å². The van der Waals surface area contributed by atoms with Crippen molar-refractivity contribution >= 4 is 22.7 Å². The van der Waals surface area contributed by atoms with Gasteiger partial charge in [0.05, 0.1) is 0 Å². The van der Waals surface area contributed by atoms with E-state index in [1.807, 2.05) is 36.2 Å². The number of aromatic amines is 1. The molecule has 1 heterocycles. The van der Waals surface area contributed by atoms with Crippen LogP contribution >= 0.6 is 0 Å². The number of H-pyrrole nitrogens is 1. The summed E-state index contributed by atoms with van der Waals surface area (Å²) >= 11 is 0. The monoisotopic (exact) mass is 260 g/mol. The summed E-state index contributed by atoms with van der Waals surface area (Å²) < 4.78 is 0. The number of benzene rings is 1. The molecular weight excluding hydrogens is 240 g/mol. The van der Waals surface area contributed by atoms with Crippen LogP contribution in [0.1, 0.15) is 31.1 Å². The third-order valence-electron chi connectivity index (χ3n) is 2.99. The molecular formula is C15H20N2O2. The quantitative estimate of drug-likeness (QED) is 0.889. The Hall–Kier alpha value is -1.97. The molecule has 0 saturated carbocycles. The number of para-hydroxylation sites is 1. The molecule has 4 heteroatoms. The van der Waals surface area contributed by atoms with Gasteiger partial charge in [0.1, 0.15) is 11.4 Å². The minimum absolute atomic E-state index is 0.0990. The smallest absolute Gasteiger partial charge is 0.340 e. The average molecular weight is 260 g/mol. The van der Waals surface area contributed by atoms with Gasteiger partial charge in [-0.1, -0.05) is 39.0 Å². The molecule has 0 aliphatic carbocycles. The van der Waals surface area contributed by atoms with Crippen LogP contribution in [0.25, 0.3) is 10.9 Å². The van der Waals surface area contributed by atoms with Crippen molar-refractivity contribution in [3.05, 3.63) is 29.8 Å². The molecule has 0 atom stereocenters. The molecule has 0 bridgehead atoms. The molecule has 1 aromatic heterocycles. The molecule has 4 nitrogen and oxygen atoms in total. The van der Waals surface area contributed by atoms with Crippen molar-refractivity contribution in [2.24, 2.45) is 5.41 Å². The van der Waals surface area contributed by atoms with Gasteiger partial charge in [0.2, 0.25) is 0 Å². The molecule has 0 aliphatic rings. The molecule has 0 aliphatic heterocycles. The Kier molecular flexibility index (Phi) is 3.27. The van der Waals surface area contributed by atoms with Crippen molar-refractivity contribution in [2.45, 2.75) is 20.8 Å². The summed E-state index contributed by atoms with van der Waals surface area (Å²) in [6.45, 7) is 7.17. The van der Waals surface area contributed by atoms with Crippen LogP contribution < -0.4 is 4.90 Å². The number of nitrogens with zero attached hydrogens (tertiary/aromatic N) is 1.